The monoisotopic (exact) mass is 583 g/mol. The lowest BCUT2D eigenvalue weighted by Gasteiger charge is -2.26. The highest BCUT2D eigenvalue weighted by Gasteiger charge is 2.18. The number of para-hydroxylation sites is 1. The van der Waals surface area contributed by atoms with Gasteiger partial charge in [0.25, 0.3) is 0 Å². The van der Waals surface area contributed by atoms with Crippen molar-refractivity contribution in [2.75, 3.05) is 4.90 Å². The van der Waals surface area contributed by atoms with Gasteiger partial charge in [-0.15, -0.1) is 22.7 Å². The Bertz CT molecular complexity index is 2450. The van der Waals surface area contributed by atoms with Crippen LogP contribution in [0.25, 0.3) is 62.2 Å². The largest absolute Gasteiger partial charge is 0.310 e. The molecule has 9 aromatic rings. The number of anilines is 3. The molecule has 202 valence electrons. The van der Waals surface area contributed by atoms with Gasteiger partial charge in [-0.25, -0.2) is 0 Å². The quantitative estimate of drug-likeness (QED) is 0.199. The van der Waals surface area contributed by atoms with Crippen molar-refractivity contribution < 1.29 is 0 Å². The lowest BCUT2D eigenvalue weighted by atomic mass is 9.99. The van der Waals surface area contributed by atoms with Gasteiger partial charge in [0.2, 0.25) is 0 Å². The van der Waals surface area contributed by atoms with E-state index in [2.05, 4.69) is 157 Å². The third kappa shape index (κ3) is 4.04. The summed E-state index contributed by atoms with van der Waals surface area (Å²) < 4.78 is 5.32. The van der Waals surface area contributed by atoms with E-state index in [0.717, 1.165) is 11.4 Å². The van der Waals surface area contributed by atoms with E-state index in [-0.39, 0.29) is 0 Å². The van der Waals surface area contributed by atoms with Gasteiger partial charge in [0.05, 0.1) is 5.69 Å². The van der Waals surface area contributed by atoms with E-state index in [0.29, 0.717) is 0 Å². The Labute approximate surface area is 257 Å². The second-order valence-corrected chi connectivity index (χ2v) is 13.1. The lowest BCUT2D eigenvalue weighted by molar-refractivity contribution is 1.30. The average molecular weight is 584 g/mol. The van der Waals surface area contributed by atoms with Crippen LogP contribution in [0, 0.1) is 0 Å². The molecule has 7 aromatic carbocycles. The average Bonchev–Trinajstić information content (AvgIpc) is 3.63. The maximum absolute atomic E-state index is 2.39. The van der Waals surface area contributed by atoms with Gasteiger partial charge >= 0.3 is 0 Å². The molecule has 0 spiro atoms. The Morgan fingerprint density at radius 1 is 0.372 bits per heavy atom. The van der Waals surface area contributed by atoms with E-state index in [9.17, 15) is 0 Å². The van der Waals surface area contributed by atoms with Crippen LogP contribution in [0.5, 0.6) is 0 Å². The summed E-state index contributed by atoms with van der Waals surface area (Å²) in [6.45, 7) is 0. The van der Waals surface area contributed by atoms with Crippen LogP contribution in [0.1, 0.15) is 0 Å². The van der Waals surface area contributed by atoms with Crippen molar-refractivity contribution >= 4 is 90.9 Å². The van der Waals surface area contributed by atoms with E-state index in [1.165, 1.54) is 67.9 Å². The van der Waals surface area contributed by atoms with Gasteiger partial charge in [0.1, 0.15) is 0 Å². The molecule has 1 nitrogen and oxygen atoms in total. The Hall–Kier alpha value is -4.96. The molecule has 43 heavy (non-hydrogen) atoms. The molecule has 0 aliphatic heterocycles. The molecule has 0 unspecified atom stereocenters. The van der Waals surface area contributed by atoms with Crippen molar-refractivity contribution in [3.05, 3.63) is 152 Å². The summed E-state index contributed by atoms with van der Waals surface area (Å²) in [7, 11) is 0. The first-order valence-corrected chi connectivity index (χ1v) is 16.1. The summed E-state index contributed by atoms with van der Waals surface area (Å²) in [5, 5.41) is 7.85. The minimum absolute atomic E-state index is 1.14. The zero-order valence-electron chi connectivity index (χ0n) is 23.2. The first-order valence-electron chi connectivity index (χ1n) is 14.5. The van der Waals surface area contributed by atoms with E-state index in [4.69, 9.17) is 0 Å². The van der Waals surface area contributed by atoms with Gasteiger partial charge in [-0.3, -0.25) is 0 Å². The van der Waals surface area contributed by atoms with Crippen LogP contribution in [0.2, 0.25) is 0 Å². The van der Waals surface area contributed by atoms with Gasteiger partial charge in [-0.2, -0.15) is 0 Å². The van der Waals surface area contributed by atoms with Crippen molar-refractivity contribution in [1.29, 1.82) is 0 Å². The highest BCUT2D eigenvalue weighted by Crippen LogP contribution is 2.45. The zero-order valence-corrected chi connectivity index (χ0v) is 24.8. The topological polar surface area (TPSA) is 3.24 Å². The number of nitrogens with zero attached hydrogens (tertiary/aromatic N) is 1. The van der Waals surface area contributed by atoms with Crippen molar-refractivity contribution in [1.82, 2.24) is 0 Å². The van der Waals surface area contributed by atoms with E-state index in [1.807, 2.05) is 22.7 Å². The Morgan fingerprint density at radius 3 is 1.86 bits per heavy atom. The summed E-state index contributed by atoms with van der Waals surface area (Å²) >= 11 is 3.74. The summed E-state index contributed by atoms with van der Waals surface area (Å²) in [5.74, 6) is 0. The third-order valence-electron chi connectivity index (χ3n) is 8.43. The minimum atomic E-state index is 1.14. The molecule has 0 aliphatic carbocycles. The first-order chi connectivity index (χ1) is 21.3. The molecule has 2 aromatic heterocycles. The number of benzene rings is 7. The maximum Gasteiger partial charge on any atom is 0.0554 e. The van der Waals surface area contributed by atoms with Crippen LogP contribution in [0.3, 0.4) is 0 Å². The molecular weight excluding hydrogens is 559 g/mol. The van der Waals surface area contributed by atoms with E-state index in [1.54, 1.807) is 0 Å². The number of fused-ring (bicyclic) bond motifs is 7. The fourth-order valence-corrected chi connectivity index (χ4v) is 8.66. The Kier molecular flexibility index (Phi) is 5.62. The van der Waals surface area contributed by atoms with Crippen LogP contribution < -0.4 is 4.90 Å². The molecular formula is C40H25NS2. The predicted molar refractivity (Wildman–Crippen MR) is 190 cm³/mol. The Balaban J connectivity index is 1.16. The van der Waals surface area contributed by atoms with Gasteiger partial charge in [-0.05, 0) is 88.6 Å². The SMILES string of the molecule is c1ccc(N(c2ccc(-c3ccc4cc5sc6ccccc6c5cc4c3)cc2)c2cccc3sc4ccccc4c23)cc1. The molecule has 0 saturated carbocycles. The molecule has 0 atom stereocenters. The van der Waals surface area contributed by atoms with Crippen molar-refractivity contribution in [2.24, 2.45) is 0 Å². The molecule has 0 amide bonds. The summed E-state index contributed by atoms with van der Waals surface area (Å²) in [6, 6.07) is 55.4. The molecule has 0 saturated heterocycles. The van der Waals surface area contributed by atoms with Crippen LogP contribution >= 0.6 is 22.7 Å². The molecule has 2 heterocycles. The second kappa shape index (κ2) is 9.81. The molecule has 0 bridgehead atoms. The fourth-order valence-electron chi connectivity index (χ4n) is 6.40. The van der Waals surface area contributed by atoms with Crippen LogP contribution in [-0.4, -0.2) is 0 Å². The van der Waals surface area contributed by atoms with Gasteiger partial charge in [-0.1, -0.05) is 84.9 Å². The van der Waals surface area contributed by atoms with Crippen molar-refractivity contribution in [3.63, 3.8) is 0 Å². The summed E-state index contributed by atoms with van der Waals surface area (Å²) in [5.41, 5.74) is 5.94. The standard InChI is InChI=1S/C40H25NS2/c1-2-9-30(10-3-1)41(35-13-8-16-38-40(35)33-12-5-7-15-37(33)42-38)31-21-19-26(20-22-31)27-17-18-28-25-39-34(24-29(28)23-27)32-11-4-6-14-36(32)43-39/h1-25H. The highest BCUT2D eigenvalue weighted by atomic mass is 32.1. The van der Waals surface area contributed by atoms with Crippen molar-refractivity contribution in [2.45, 2.75) is 0 Å². The molecule has 0 N–H and O–H groups in total. The third-order valence-corrected chi connectivity index (χ3v) is 10.7. The smallest absolute Gasteiger partial charge is 0.0554 e. The van der Waals surface area contributed by atoms with E-state index >= 15 is 0 Å². The zero-order chi connectivity index (χ0) is 28.3. The molecule has 0 aliphatic rings. The predicted octanol–water partition coefficient (Wildman–Crippen LogP) is 12.7. The fraction of sp³-hybridized carbons (Fsp3) is 0. The minimum Gasteiger partial charge on any atom is -0.310 e. The summed E-state index contributed by atoms with van der Waals surface area (Å²) in [6.07, 6.45) is 0. The number of hydrogen-bond donors (Lipinski definition) is 0. The number of thiophene rings is 2. The second-order valence-electron chi connectivity index (χ2n) is 11.0. The number of rotatable bonds is 4. The number of hydrogen-bond acceptors (Lipinski definition) is 3. The highest BCUT2D eigenvalue weighted by molar-refractivity contribution is 7.26. The first kappa shape index (κ1) is 24.6. The Morgan fingerprint density at radius 2 is 1.02 bits per heavy atom. The molecule has 0 radical (unpaired) electrons. The molecule has 9 rings (SSSR count). The van der Waals surface area contributed by atoms with Crippen LogP contribution in [-0.2, 0) is 0 Å². The normalized spacial score (nSPS) is 11.7. The molecule has 0 fully saturated rings. The van der Waals surface area contributed by atoms with Crippen LogP contribution in [0.4, 0.5) is 17.1 Å². The van der Waals surface area contributed by atoms with Gasteiger partial charge in [0.15, 0.2) is 0 Å². The molecule has 3 heteroatoms. The van der Waals surface area contributed by atoms with Crippen molar-refractivity contribution in [3.8, 4) is 11.1 Å². The van der Waals surface area contributed by atoms with Crippen LogP contribution in [0.15, 0.2) is 152 Å². The summed E-state index contributed by atoms with van der Waals surface area (Å²) in [4.78, 5) is 2.39. The lowest BCUT2D eigenvalue weighted by Crippen LogP contribution is -2.10. The van der Waals surface area contributed by atoms with Gasteiger partial charge < -0.3 is 4.90 Å². The van der Waals surface area contributed by atoms with Gasteiger partial charge in [0, 0.05) is 51.7 Å². The van der Waals surface area contributed by atoms with E-state index < -0.39 is 0 Å². The maximum atomic E-state index is 2.39.